The summed E-state index contributed by atoms with van der Waals surface area (Å²) in [6.45, 7) is 10.7. The number of likely N-dealkylation sites (N-methyl/N-ethyl adjacent to an activating group) is 2. The van der Waals surface area contributed by atoms with Gasteiger partial charge in [-0.2, -0.15) is 0 Å². The minimum absolute atomic E-state index is 0.695. The monoisotopic (exact) mass is 280 g/mol. The fourth-order valence-corrected chi connectivity index (χ4v) is 5.01. The molecule has 0 amide bonds. The van der Waals surface area contributed by atoms with E-state index in [1.165, 1.54) is 38.5 Å². The fraction of sp³-hybridized carbons (Fsp3) is 1.00. The van der Waals surface area contributed by atoms with Crippen molar-refractivity contribution in [1.29, 1.82) is 0 Å². The Kier molecular flexibility index (Phi) is 5.92. The van der Waals surface area contributed by atoms with E-state index in [1.807, 2.05) is 0 Å². The molecule has 0 aliphatic heterocycles. The molecule has 0 aromatic carbocycles. The summed E-state index contributed by atoms with van der Waals surface area (Å²) in [6, 6.07) is 2.25. The lowest BCUT2D eigenvalue weighted by Gasteiger charge is -2.48. The number of hydrogen-bond donors (Lipinski definition) is 1. The van der Waals surface area contributed by atoms with E-state index in [-0.39, 0.29) is 0 Å². The lowest BCUT2D eigenvalue weighted by Crippen LogP contribution is -2.58. The summed E-state index contributed by atoms with van der Waals surface area (Å²) in [5, 5.41) is 3.78. The van der Waals surface area contributed by atoms with Crippen LogP contribution >= 0.6 is 0 Å². The van der Waals surface area contributed by atoms with Crippen LogP contribution in [-0.4, -0.2) is 36.6 Å². The molecule has 0 bridgehead atoms. The number of rotatable bonds is 4. The maximum atomic E-state index is 3.78. The Balaban J connectivity index is 2.05. The van der Waals surface area contributed by atoms with Gasteiger partial charge in [-0.05, 0) is 57.0 Å². The van der Waals surface area contributed by atoms with Gasteiger partial charge in [-0.25, -0.2) is 0 Å². The molecule has 0 spiro atoms. The van der Waals surface area contributed by atoms with Crippen molar-refractivity contribution in [3.8, 4) is 0 Å². The van der Waals surface area contributed by atoms with Gasteiger partial charge >= 0.3 is 0 Å². The van der Waals surface area contributed by atoms with Crippen LogP contribution in [0.25, 0.3) is 0 Å². The molecule has 6 atom stereocenters. The molecule has 118 valence electrons. The van der Waals surface area contributed by atoms with Crippen LogP contribution in [0.1, 0.15) is 66.2 Å². The summed E-state index contributed by atoms with van der Waals surface area (Å²) in [5.74, 6) is 2.63. The second-order valence-corrected chi connectivity index (χ2v) is 7.80. The molecule has 2 rings (SSSR count). The second kappa shape index (κ2) is 7.26. The first-order chi connectivity index (χ1) is 9.52. The van der Waals surface area contributed by atoms with E-state index >= 15 is 0 Å². The SMILES string of the molecule is CCNC1CC(C)CC(C)C1N(C)C1CCCC(C)C1. The number of nitrogens with one attached hydrogen (secondary N) is 1. The van der Waals surface area contributed by atoms with Crippen LogP contribution in [0.2, 0.25) is 0 Å². The van der Waals surface area contributed by atoms with Crippen LogP contribution in [0.15, 0.2) is 0 Å². The lowest BCUT2D eigenvalue weighted by atomic mass is 9.74. The highest BCUT2D eigenvalue weighted by molar-refractivity contribution is 4.95. The number of nitrogens with zero attached hydrogens (tertiary/aromatic N) is 1. The average molecular weight is 280 g/mol. The van der Waals surface area contributed by atoms with Gasteiger partial charge in [0.05, 0.1) is 0 Å². The van der Waals surface area contributed by atoms with E-state index < -0.39 is 0 Å². The van der Waals surface area contributed by atoms with Crippen LogP contribution in [-0.2, 0) is 0 Å². The van der Waals surface area contributed by atoms with Gasteiger partial charge in [-0.3, -0.25) is 4.90 Å². The highest BCUT2D eigenvalue weighted by Crippen LogP contribution is 2.36. The van der Waals surface area contributed by atoms with Crippen LogP contribution in [0, 0.1) is 17.8 Å². The lowest BCUT2D eigenvalue weighted by molar-refractivity contribution is 0.0315. The standard InChI is InChI=1S/C18H36N2/c1-6-19-17-12-14(3)10-15(4)18(17)20(5)16-9-7-8-13(2)11-16/h13-19H,6-12H2,1-5H3. The molecule has 2 heteroatoms. The second-order valence-electron chi connectivity index (χ2n) is 7.80. The van der Waals surface area contributed by atoms with Crippen LogP contribution < -0.4 is 5.32 Å². The molecule has 20 heavy (non-hydrogen) atoms. The van der Waals surface area contributed by atoms with Gasteiger partial charge in [0.2, 0.25) is 0 Å². The first-order valence-corrected chi connectivity index (χ1v) is 8.98. The summed E-state index contributed by atoms with van der Waals surface area (Å²) in [4.78, 5) is 2.76. The van der Waals surface area contributed by atoms with Gasteiger partial charge in [-0.1, -0.05) is 40.5 Å². The third-order valence-corrected chi connectivity index (χ3v) is 5.85. The van der Waals surface area contributed by atoms with E-state index in [0.29, 0.717) is 6.04 Å². The zero-order valence-electron chi connectivity index (χ0n) is 14.4. The zero-order chi connectivity index (χ0) is 14.7. The average Bonchev–Trinajstić information content (AvgIpc) is 2.38. The molecule has 0 radical (unpaired) electrons. The molecule has 1 N–H and O–H groups in total. The first-order valence-electron chi connectivity index (χ1n) is 8.98. The molecule has 0 saturated heterocycles. The number of hydrogen-bond acceptors (Lipinski definition) is 2. The molecular weight excluding hydrogens is 244 g/mol. The van der Waals surface area contributed by atoms with Crippen molar-refractivity contribution in [2.45, 2.75) is 84.3 Å². The predicted octanol–water partition coefficient (Wildman–Crippen LogP) is 3.91. The fourth-order valence-electron chi connectivity index (χ4n) is 5.01. The molecule has 0 aromatic heterocycles. The summed E-state index contributed by atoms with van der Waals surface area (Å²) in [6.07, 6.45) is 8.46. The van der Waals surface area contributed by atoms with Crippen molar-refractivity contribution in [2.24, 2.45) is 17.8 Å². The van der Waals surface area contributed by atoms with Gasteiger partial charge in [-0.15, -0.1) is 0 Å². The van der Waals surface area contributed by atoms with Crippen molar-refractivity contribution in [2.75, 3.05) is 13.6 Å². The Hall–Kier alpha value is -0.0800. The first kappa shape index (κ1) is 16.3. The molecule has 2 fully saturated rings. The highest BCUT2D eigenvalue weighted by atomic mass is 15.2. The van der Waals surface area contributed by atoms with Crippen molar-refractivity contribution >= 4 is 0 Å². The van der Waals surface area contributed by atoms with Gasteiger partial charge in [0.25, 0.3) is 0 Å². The largest absolute Gasteiger partial charge is 0.313 e. The predicted molar refractivity (Wildman–Crippen MR) is 88.0 cm³/mol. The third kappa shape index (κ3) is 3.76. The van der Waals surface area contributed by atoms with Crippen molar-refractivity contribution in [1.82, 2.24) is 10.2 Å². The third-order valence-electron chi connectivity index (χ3n) is 5.85. The summed E-state index contributed by atoms with van der Waals surface area (Å²) in [5.41, 5.74) is 0. The molecule has 0 aromatic rings. The van der Waals surface area contributed by atoms with Gasteiger partial charge in [0.1, 0.15) is 0 Å². The van der Waals surface area contributed by atoms with Gasteiger partial charge in [0, 0.05) is 18.1 Å². The van der Waals surface area contributed by atoms with E-state index in [2.05, 4.69) is 45.0 Å². The highest BCUT2D eigenvalue weighted by Gasteiger charge is 2.38. The topological polar surface area (TPSA) is 15.3 Å². The Morgan fingerprint density at radius 2 is 1.75 bits per heavy atom. The smallest absolute Gasteiger partial charge is 0.0274 e. The quantitative estimate of drug-likeness (QED) is 0.840. The Morgan fingerprint density at radius 3 is 2.40 bits per heavy atom. The van der Waals surface area contributed by atoms with E-state index in [0.717, 1.165) is 36.4 Å². The molecule has 6 unspecified atom stereocenters. The van der Waals surface area contributed by atoms with E-state index in [4.69, 9.17) is 0 Å². The maximum absolute atomic E-state index is 3.78. The van der Waals surface area contributed by atoms with Crippen molar-refractivity contribution < 1.29 is 0 Å². The minimum atomic E-state index is 0.695. The summed E-state index contributed by atoms with van der Waals surface area (Å²) >= 11 is 0. The summed E-state index contributed by atoms with van der Waals surface area (Å²) in [7, 11) is 2.41. The van der Waals surface area contributed by atoms with Crippen LogP contribution in [0.5, 0.6) is 0 Å². The minimum Gasteiger partial charge on any atom is -0.313 e. The molecule has 2 nitrogen and oxygen atoms in total. The molecule has 2 aliphatic rings. The molecular formula is C18H36N2. The summed E-state index contributed by atoms with van der Waals surface area (Å²) < 4.78 is 0. The Morgan fingerprint density at radius 1 is 1.00 bits per heavy atom. The van der Waals surface area contributed by atoms with Gasteiger partial charge < -0.3 is 5.32 Å². The van der Waals surface area contributed by atoms with E-state index in [1.54, 1.807) is 0 Å². The normalized spacial score (nSPS) is 42.9. The van der Waals surface area contributed by atoms with Crippen LogP contribution in [0.3, 0.4) is 0 Å². The van der Waals surface area contributed by atoms with Crippen LogP contribution in [0.4, 0.5) is 0 Å². The molecule has 0 heterocycles. The van der Waals surface area contributed by atoms with Crippen molar-refractivity contribution in [3.05, 3.63) is 0 Å². The maximum Gasteiger partial charge on any atom is 0.0274 e. The molecule has 2 aliphatic carbocycles. The Bertz CT molecular complexity index is 291. The Labute approximate surface area is 126 Å². The van der Waals surface area contributed by atoms with Crippen molar-refractivity contribution in [3.63, 3.8) is 0 Å². The van der Waals surface area contributed by atoms with E-state index in [9.17, 15) is 0 Å². The molecule has 2 saturated carbocycles. The zero-order valence-corrected chi connectivity index (χ0v) is 14.4. The van der Waals surface area contributed by atoms with Gasteiger partial charge in [0.15, 0.2) is 0 Å².